The minimum atomic E-state index is -0.168. The lowest BCUT2D eigenvalue weighted by atomic mass is 10.1. The molecule has 0 saturated heterocycles. The first-order valence-corrected chi connectivity index (χ1v) is 6.29. The summed E-state index contributed by atoms with van der Waals surface area (Å²) in [4.78, 5) is 15.7. The number of aryl methyl sites for hydroxylation is 1. The number of nitrogens with zero attached hydrogens (tertiary/aromatic N) is 1. The monoisotopic (exact) mass is 254 g/mol. The first-order valence-electron chi connectivity index (χ1n) is 6.29. The number of hydrogen-bond donors (Lipinski definition) is 1. The highest BCUT2D eigenvalue weighted by molar-refractivity contribution is 5.94. The molecular weight excluding hydrogens is 240 g/mol. The van der Waals surface area contributed by atoms with Crippen LogP contribution in [0, 0.1) is 0 Å². The van der Waals surface area contributed by atoms with Gasteiger partial charge in [0.05, 0.1) is 5.69 Å². The van der Waals surface area contributed by atoms with Crippen molar-refractivity contribution in [1.82, 2.24) is 4.98 Å². The molecule has 2 aromatic rings. The number of hydrogen-bond acceptors (Lipinski definition) is 3. The molecule has 1 N–H and O–H groups in total. The van der Waals surface area contributed by atoms with Crippen LogP contribution in [0.1, 0.15) is 12.5 Å². The van der Waals surface area contributed by atoms with Gasteiger partial charge in [0.25, 0.3) is 5.91 Å². The van der Waals surface area contributed by atoms with Gasteiger partial charge in [0, 0.05) is 5.56 Å². The second-order valence-corrected chi connectivity index (χ2v) is 4.43. The summed E-state index contributed by atoms with van der Waals surface area (Å²) in [5.74, 6) is 0.945. The Morgan fingerprint density at radius 2 is 2.00 bits per heavy atom. The van der Waals surface area contributed by atoms with Crippen molar-refractivity contribution in [2.45, 2.75) is 13.3 Å². The lowest BCUT2D eigenvalue weighted by Crippen LogP contribution is -2.26. The van der Waals surface area contributed by atoms with Gasteiger partial charge in [0.2, 0.25) is 0 Å². The Hall–Kier alpha value is -2.36. The number of benzene rings is 1. The number of pyridine rings is 1. The second-order valence-electron chi connectivity index (χ2n) is 4.43. The van der Waals surface area contributed by atoms with Crippen LogP contribution in [-0.2, 0) is 11.2 Å². The summed E-state index contributed by atoms with van der Waals surface area (Å²) >= 11 is 0. The van der Waals surface area contributed by atoms with Crippen LogP contribution >= 0.6 is 0 Å². The van der Waals surface area contributed by atoms with Gasteiger partial charge in [-0.3, -0.25) is 4.79 Å². The summed E-state index contributed by atoms with van der Waals surface area (Å²) in [6.07, 6.45) is 1.02. The zero-order valence-corrected chi connectivity index (χ0v) is 10.6. The Kier molecular flexibility index (Phi) is 2.91. The zero-order chi connectivity index (χ0) is 13.2. The first kappa shape index (κ1) is 11.7. The van der Waals surface area contributed by atoms with E-state index >= 15 is 0 Å². The molecule has 1 aromatic carbocycles. The van der Waals surface area contributed by atoms with Crippen molar-refractivity contribution < 1.29 is 9.53 Å². The van der Waals surface area contributed by atoms with E-state index in [1.54, 1.807) is 0 Å². The summed E-state index contributed by atoms with van der Waals surface area (Å²) in [7, 11) is 0. The van der Waals surface area contributed by atoms with Crippen molar-refractivity contribution in [1.29, 1.82) is 0 Å². The molecule has 0 aliphatic carbocycles. The topological polar surface area (TPSA) is 51.2 Å². The van der Waals surface area contributed by atoms with Gasteiger partial charge in [-0.25, -0.2) is 4.98 Å². The molecule has 4 heteroatoms. The van der Waals surface area contributed by atoms with Crippen LogP contribution < -0.4 is 10.1 Å². The molecule has 19 heavy (non-hydrogen) atoms. The van der Waals surface area contributed by atoms with E-state index in [0.29, 0.717) is 11.6 Å². The minimum Gasteiger partial charge on any atom is -0.480 e. The molecule has 0 fully saturated rings. The molecule has 0 unspecified atom stereocenters. The van der Waals surface area contributed by atoms with E-state index in [4.69, 9.17) is 4.74 Å². The fourth-order valence-electron chi connectivity index (χ4n) is 2.04. The second kappa shape index (κ2) is 4.72. The Labute approximate surface area is 111 Å². The number of amides is 1. The van der Waals surface area contributed by atoms with Crippen molar-refractivity contribution >= 4 is 11.7 Å². The number of fused-ring (bicyclic) bond motifs is 1. The number of ether oxygens (including phenoxy) is 1. The molecule has 2 heterocycles. The largest absolute Gasteiger partial charge is 0.480 e. The highest BCUT2D eigenvalue weighted by Crippen LogP contribution is 2.29. The number of carbonyl (C=O) groups is 1. The number of nitrogens with one attached hydrogen (secondary N) is 1. The standard InChI is InChI=1S/C15H14N2O2/c1-2-10-3-5-11(6-4-10)12-7-8-13-15(16-12)17-14(18)9-19-13/h3-8H,2,9H2,1H3,(H,16,17,18). The van der Waals surface area contributed by atoms with Crippen LogP contribution in [0.4, 0.5) is 5.82 Å². The van der Waals surface area contributed by atoms with Gasteiger partial charge in [0.15, 0.2) is 18.2 Å². The van der Waals surface area contributed by atoms with Crippen molar-refractivity contribution in [3.05, 3.63) is 42.0 Å². The van der Waals surface area contributed by atoms with E-state index in [9.17, 15) is 4.79 Å². The molecule has 0 saturated carbocycles. The summed E-state index contributed by atoms with van der Waals surface area (Å²) < 4.78 is 5.29. The van der Waals surface area contributed by atoms with E-state index in [1.807, 2.05) is 24.3 Å². The Bertz CT molecular complexity index is 621. The fourth-order valence-corrected chi connectivity index (χ4v) is 2.04. The maximum Gasteiger partial charge on any atom is 0.263 e. The summed E-state index contributed by atoms with van der Waals surface area (Å²) in [5.41, 5.74) is 3.14. The smallest absolute Gasteiger partial charge is 0.263 e. The van der Waals surface area contributed by atoms with Crippen molar-refractivity contribution in [2.24, 2.45) is 0 Å². The molecule has 1 aliphatic rings. The Balaban J connectivity index is 1.96. The van der Waals surface area contributed by atoms with Gasteiger partial charge in [0.1, 0.15) is 0 Å². The predicted molar refractivity (Wildman–Crippen MR) is 73.2 cm³/mol. The number of anilines is 1. The van der Waals surface area contributed by atoms with Gasteiger partial charge in [-0.2, -0.15) is 0 Å². The molecule has 1 aliphatic heterocycles. The van der Waals surface area contributed by atoms with Crippen LogP contribution in [0.15, 0.2) is 36.4 Å². The van der Waals surface area contributed by atoms with Crippen LogP contribution in [0.3, 0.4) is 0 Å². The van der Waals surface area contributed by atoms with Gasteiger partial charge < -0.3 is 10.1 Å². The molecule has 4 nitrogen and oxygen atoms in total. The third-order valence-corrected chi connectivity index (χ3v) is 3.13. The lowest BCUT2D eigenvalue weighted by molar-refractivity contribution is -0.118. The van der Waals surface area contributed by atoms with Crippen molar-refractivity contribution in [3.63, 3.8) is 0 Å². The third kappa shape index (κ3) is 2.29. The van der Waals surface area contributed by atoms with E-state index in [0.717, 1.165) is 17.7 Å². The van der Waals surface area contributed by atoms with Crippen LogP contribution in [0.5, 0.6) is 5.75 Å². The SMILES string of the molecule is CCc1ccc(-c2ccc3c(n2)NC(=O)CO3)cc1. The van der Waals surface area contributed by atoms with E-state index < -0.39 is 0 Å². The predicted octanol–water partition coefficient (Wildman–Crippen LogP) is 2.64. The maximum atomic E-state index is 11.3. The Morgan fingerprint density at radius 1 is 1.21 bits per heavy atom. The van der Waals surface area contributed by atoms with E-state index in [-0.39, 0.29) is 12.5 Å². The molecule has 1 aromatic heterocycles. The highest BCUT2D eigenvalue weighted by Gasteiger charge is 2.17. The Morgan fingerprint density at radius 3 is 2.74 bits per heavy atom. The summed E-state index contributed by atoms with van der Waals surface area (Å²) in [5, 5.41) is 2.72. The quantitative estimate of drug-likeness (QED) is 0.896. The molecule has 0 radical (unpaired) electrons. The number of aromatic nitrogens is 1. The number of carbonyl (C=O) groups excluding carboxylic acids is 1. The van der Waals surface area contributed by atoms with Crippen LogP contribution in [0.2, 0.25) is 0 Å². The fraction of sp³-hybridized carbons (Fsp3) is 0.200. The molecular formula is C15H14N2O2. The third-order valence-electron chi connectivity index (χ3n) is 3.13. The maximum absolute atomic E-state index is 11.3. The number of rotatable bonds is 2. The minimum absolute atomic E-state index is 0.0548. The van der Waals surface area contributed by atoms with Crippen LogP contribution in [0.25, 0.3) is 11.3 Å². The molecule has 0 spiro atoms. The van der Waals surface area contributed by atoms with Gasteiger partial charge >= 0.3 is 0 Å². The van der Waals surface area contributed by atoms with Gasteiger partial charge in [-0.1, -0.05) is 31.2 Å². The van der Waals surface area contributed by atoms with Gasteiger partial charge in [-0.15, -0.1) is 0 Å². The van der Waals surface area contributed by atoms with Crippen LogP contribution in [-0.4, -0.2) is 17.5 Å². The average molecular weight is 254 g/mol. The molecule has 0 atom stereocenters. The summed E-state index contributed by atoms with van der Waals surface area (Å²) in [6, 6.07) is 12.0. The highest BCUT2D eigenvalue weighted by atomic mass is 16.5. The van der Waals surface area contributed by atoms with Crippen molar-refractivity contribution in [2.75, 3.05) is 11.9 Å². The molecule has 96 valence electrons. The normalized spacial score (nSPS) is 13.4. The zero-order valence-electron chi connectivity index (χ0n) is 10.6. The van der Waals surface area contributed by atoms with E-state index in [2.05, 4.69) is 29.4 Å². The average Bonchev–Trinajstić information content (AvgIpc) is 2.46. The molecule has 3 rings (SSSR count). The van der Waals surface area contributed by atoms with Gasteiger partial charge in [-0.05, 0) is 24.1 Å². The molecule has 1 amide bonds. The molecule has 0 bridgehead atoms. The van der Waals surface area contributed by atoms with E-state index in [1.165, 1.54) is 5.56 Å². The summed E-state index contributed by atoms with van der Waals surface area (Å²) in [6.45, 7) is 2.18. The van der Waals surface area contributed by atoms with Crippen molar-refractivity contribution in [3.8, 4) is 17.0 Å². The first-order chi connectivity index (χ1) is 9.26. The lowest BCUT2D eigenvalue weighted by Gasteiger charge is -2.17.